The molecule has 4 N–H and O–H groups in total. The smallest absolute Gasteiger partial charge is 0.248 e. The Bertz CT molecular complexity index is 1070. The molecule has 3 aromatic rings. The molecular weight excluding hydrogens is 364 g/mol. The third-order valence-electron chi connectivity index (χ3n) is 6.15. The van der Waals surface area contributed by atoms with Crippen LogP contribution in [-0.2, 0) is 25.7 Å². The van der Waals surface area contributed by atoms with Crippen molar-refractivity contribution in [3.63, 3.8) is 0 Å². The third-order valence-corrected chi connectivity index (χ3v) is 6.15. The van der Waals surface area contributed by atoms with Crippen LogP contribution in [0.5, 0.6) is 5.75 Å². The fourth-order valence-corrected chi connectivity index (χ4v) is 4.61. The van der Waals surface area contributed by atoms with E-state index in [0.717, 1.165) is 25.7 Å². The number of H-pyrrole nitrogens is 1. The van der Waals surface area contributed by atoms with Crippen molar-refractivity contribution < 1.29 is 10.2 Å². The van der Waals surface area contributed by atoms with Crippen LogP contribution in [0.1, 0.15) is 47.8 Å². The lowest BCUT2D eigenvalue weighted by Crippen LogP contribution is -2.33. The average molecular weight is 392 g/mol. The number of phenols is 1. The summed E-state index contributed by atoms with van der Waals surface area (Å²) in [5.41, 5.74) is 6.59. The Balaban J connectivity index is 1.51. The summed E-state index contributed by atoms with van der Waals surface area (Å²) in [5.74, 6) is 0.00652. The van der Waals surface area contributed by atoms with E-state index in [1.54, 1.807) is 12.1 Å². The normalized spacial score (nSPS) is 15.0. The second-order valence-corrected chi connectivity index (χ2v) is 7.86. The monoisotopic (exact) mass is 392 g/mol. The van der Waals surface area contributed by atoms with Gasteiger partial charge in [0, 0.05) is 24.0 Å². The molecule has 0 fully saturated rings. The molecule has 0 spiro atoms. The molecule has 152 valence electrons. The summed E-state index contributed by atoms with van der Waals surface area (Å²) in [4.78, 5) is 14.2. The van der Waals surface area contributed by atoms with Gasteiger partial charge in [0.1, 0.15) is 5.75 Å². The van der Waals surface area contributed by atoms with Crippen LogP contribution in [0.25, 0.3) is 10.9 Å². The van der Waals surface area contributed by atoms with E-state index in [0.29, 0.717) is 29.1 Å². The highest BCUT2D eigenvalue weighted by atomic mass is 16.3. The number of aromatic amines is 1. The van der Waals surface area contributed by atoms with Gasteiger partial charge in [-0.25, -0.2) is 0 Å². The molecule has 1 atom stereocenters. The molecule has 1 aromatic heterocycles. The predicted molar refractivity (Wildman–Crippen MR) is 116 cm³/mol. The molecule has 2 aromatic carbocycles. The molecule has 0 saturated carbocycles. The fraction of sp³-hybridized carbons (Fsp3) is 0.375. The van der Waals surface area contributed by atoms with Crippen LogP contribution in [-0.4, -0.2) is 27.8 Å². The van der Waals surface area contributed by atoms with E-state index < -0.39 is 6.10 Å². The highest BCUT2D eigenvalue weighted by molar-refractivity contribution is 5.87. The van der Waals surface area contributed by atoms with Crippen LogP contribution < -0.4 is 10.9 Å². The molecule has 5 heteroatoms. The number of aryl methyl sites for hydroxylation is 2. The first-order chi connectivity index (χ1) is 14.0. The molecule has 29 heavy (non-hydrogen) atoms. The summed E-state index contributed by atoms with van der Waals surface area (Å²) in [6.45, 7) is 4.82. The molecule has 1 heterocycles. The van der Waals surface area contributed by atoms with Crippen molar-refractivity contribution in [2.75, 3.05) is 6.54 Å². The zero-order valence-electron chi connectivity index (χ0n) is 17.0. The number of nitrogens with one attached hydrogen (secondary N) is 2. The second-order valence-electron chi connectivity index (χ2n) is 7.86. The van der Waals surface area contributed by atoms with Gasteiger partial charge in [-0.05, 0) is 65.6 Å². The van der Waals surface area contributed by atoms with Crippen LogP contribution in [0.3, 0.4) is 0 Å². The SMILES string of the molecule is CCc1ccc(CC)c2c1CC(NC[C@@H](O)c1ccc(O)c3[nH]c(=O)ccc13)C2. The number of aromatic nitrogens is 1. The van der Waals surface area contributed by atoms with Crippen LogP contribution in [0.2, 0.25) is 0 Å². The minimum Gasteiger partial charge on any atom is -0.506 e. The lowest BCUT2D eigenvalue weighted by Gasteiger charge is -2.18. The van der Waals surface area contributed by atoms with E-state index in [1.165, 1.54) is 34.4 Å². The molecule has 1 aliphatic rings. The van der Waals surface area contributed by atoms with Gasteiger partial charge >= 0.3 is 0 Å². The molecule has 5 nitrogen and oxygen atoms in total. The first kappa shape index (κ1) is 19.7. The van der Waals surface area contributed by atoms with Crippen LogP contribution >= 0.6 is 0 Å². The highest BCUT2D eigenvalue weighted by Gasteiger charge is 2.26. The lowest BCUT2D eigenvalue weighted by molar-refractivity contribution is 0.171. The zero-order valence-corrected chi connectivity index (χ0v) is 17.0. The number of phenolic OH excluding ortho intramolecular Hbond substituents is 1. The lowest BCUT2D eigenvalue weighted by atomic mass is 9.96. The maximum Gasteiger partial charge on any atom is 0.248 e. The van der Waals surface area contributed by atoms with Gasteiger partial charge in [-0.2, -0.15) is 0 Å². The fourth-order valence-electron chi connectivity index (χ4n) is 4.61. The summed E-state index contributed by atoms with van der Waals surface area (Å²) >= 11 is 0. The van der Waals surface area contributed by atoms with E-state index >= 15 is 0 Å². The van der Waals surface area contributed by atoms with Crippen LogP contribution in [0.15, 0.2) is 41.2 Å². The third kappa shape index (κ3) is 3.68. The molecule has 4 rings (SSSR count). The Kier molecular flexibility index (Phi) is 5.43. The van der Waals surface area contributed by atoms with Gasteiger partial charge in [-0.15, -0.1) is 0 Å². The van der Waals surface area contributed by atoms with Crippen molar-refractivity contribution in [2.24, 2.45) is 0 Å². The van der Waals surface area contributed by atoms with Crippen molar-refractivity contribution in [2.45, 2.75) is 51.7 Å². The van der Waals surface area contributed by atoms with Gasteiger partial charge in [-0.1, -0.05) is 32.0 Å². The summed E-state index contributed by atoms with van der Waals surface area (Å²) in [6.07, 6.45) is 3.33. The Hall–Kier alpha value is -2.63. The van der Waals surface area contributed by atoms with Crippen LogP contribution in [0, 0.1) is 0 Å². The van der Waals surface area contributed by atoms with E-state index in [1.807, 2.05) is 0 Å². The van der Waals surface area contributed by atoms with Gasteiger partial charge in [0.05, 0.1) is 11.6 Å². The Morgan fingerprint density at radius 1 is 1.03 bits per heavy atom. The first-order valence-electron chi connectivity index (χ1n) is 10.4. The van der Waals surface area contributed by atoms with Gasteiger partial charge in [0.2, 0.25) is 5.56 Å². The van der Waals surface area contributed by atoms with Crippen molar-refractivity contribution in [3.05, 3.63) is 74.6 Å². The molecular formula is C24H28N2O3. The van der Waals surface area contributed by atoms with Crippen molar-refractivity contribution in [1.29, 1.82) is 0 Å². The Morgan fingerprint density at radius 2 is 1.69 bits per heavy atom. The van der Waals surface area contributed by atoms with E-state index in [-0.39, 0.29) is 11.3 Å². The number of benzene rings is 2. The number of aromatic hydroxyl groups is 1. The first-order valence-corrected chi connectivity index (χ1v) is 10.4. The Morgan fingerprint density at radius 3 is 2.31 bits per heavy atom. The highest BCUT2D eigenvalue weighted by Crippen LogP contribution is 2.31. The van der Waals surface area contributed by atoms with Crippen molar-refractivity contribution in [1.82, 2.24) is 10.3 Å². The van der Waals surface area contributed by atoms with Gasteiger partial charge in [0.15, 0.2) is 0 Å². The molecule has 0 aliphatic heterocycles. The van der Waals surface area contributed by atoms with Gasteiger partial charge in [-0.3, -0.25) is 4.79 Å². The van der Waals surface area contributed by atoms with Crippen LogP contribution in [0.4, 0.5) is 0 Å². The molecule has 0 saturated heterocycles. The number of aliphatic hydroxyl groups is 1. The number of rotatable bonds is 6. The minimum absolute atomic E-state index is 0.00652. The minimum atomic E-state index is -0.732. The summed E-state index contributed by atoms with van der Waals surface area (Å²) < 4.78 is 0. The predicted octanol–water partition coefficient (Wildman–Crippen LogP) is 3.15. The number of pyridine rings is 1. The average Bonchev–Trinajstić information content (AvgIpc) is 3.16. The van der Waals surface area contributed by atoms with E-state index in [9.17, 15) is 15.0 Å². The Labute approximate surface area is 170 Å². The quantitative estimate of drug-likeness (QED) is 0.519. The molecule has 0 unspecified atom stereocenters. The summed E-state index contributed by atoms with van der Waals surface area (Å²) in [7, 11) is 0. The van der Waals surface area contributed by atoms with Crippen molar-refractivity contribution >= 4 is 10.9 Å². The molecule has 0 bridgehead atoms. The van der Waals surface area contributed by atoms with Gasteiger partial charge < -0.3 is 20.5 Å². The standard InChI is InChI=1S/C24H28N2O3/c1-3-14-5-6-15(4-2)20-12-16(11-19(14)20)25-13-22(28)17-7-9-21(27)24-18(17)8-10-23(29)26-24/h5-10,16,22,25,27-28H,3-4,11-13H2,1-2H3,(H,26,29)/t22-/m1/s1. The second kappa shape index (κ2) is 8.01. The number of hydrogen-bond acceptors (Lipinski definition) is 4. The van der Waals surface area contributed by atoms with E-state index in [2.05, 4.69) is 36.3 Å². The number of fused-ring (bicyclic) bond motifs is 2. The maximum atomic E-state index is 11.6. The van der Waals surface area contributed by atoms with Gasteiger partial charge in [0.25, 0.3) is 0 Å². The number of hydrogen-bond donors (Lipinski definition) is 4. The summed E-state index contributed by atoms with van der Waals surface area (Å²) in [5, 5.41) is 25.1. The molecule has 0 radical (unpaired) electrons. The van der Waals surface area contributed by atoms with E-state index in [4.69, 9.17) is 0 Å². The zero-order chi connectivity index (χ0) is 20.5. The summed E-state index contributed by atoms with van der Waals surface area (Å²) in [6, 6.07) is 11.1. The maximum absolute atomic E-state index is 11.6. The number of aliphatic hydroxyl groups excluding tert-OH is 1. The topological polar surface area (TPSA) is 85.3 Å². The molecule has 0 amide bonds. The largest absolute Gasteiger partial charge is 0.506 e. The van der Waals surface area contributed by atoms with Crippen molar-refractivity contribution in [3.8, 4) is 5.75 Å². The molecule has 1 aliphatic carbocycles.